The maximum absolute atomic E-state index is 14.3. The molecular weight excluding hydrogens is 1110 g/mol. The van der Waals surface area contributed by atoms with Crippen LogP contribution in [0, 0.1) is 23.7 Å². The Balaban J connectivity index is 1.21. The number of amides is 10. The summed E-state index contributed by atoms with van der Waals surface area (Å²) in [4.78, 5) is 137. The summed E-state index contributed by atoms with van der Waals surface area (Å²) in [5.41, 5.74) is 2.82. The molecular formula is C62H93N9O13S. The summed E-state index contributed by atoms with van der Waals surface area (Å²) < 4.78 is 17.5. The van der Waals surface area contributed by atoms with Crippen molar-refractivity contribution < 1.29 is 62.2 Å². The maximum atomic E-state index is 14.3. The van der Waals surface area contributed by atoms with Crippen molar-refractivity contribution in [2.75, 3.05) is 59.8 Å². The number of nitrogens with zero attached hydrogens (tertiary/aromatic N) is 4. The number of allylic oxidation sites excluding steroid dienone is 3. The summed E-state index contributed by atoms with van der Waals surface area (Å²) in [5, 5.41) is 13.6. The van der Waals surface area contributed by atoms with Crippen LogP contribution in [0.25, 0.3) is 0 Å². The average Bonchev–Trinajstić information content (AvgIpc) is 3.71. The highest BCUT2D eigenvalue weighted by Crippen LogP contribution is 2.31. The highest BCUT2D eigenvalue weighted by Gasteiger charge is 2.43. The number of methoxy groups -OCH3 is 2. The number of carbonyl (C=O) groups excluding carboxylic acids is 10. The number of benzene rings is 1. The van der Waals surface area contributed by atoms with Crippen LogP contribution in [0.4, 0.5) is 10.5 Å². The van der Waals surface area contributed by atoms with Crippen LogP contribution in [0.5, 0.6) is 0 Å². The molecule has 0 radical (unpaired) electrons. The largest absolute Gasteiger partial charge is 0.445 e. The van der Waals surface area contributed by atoms with E-state index in [4.69, 9.17) is 14.2 Å². The molecule has 0 bridgehead atoms. The first-order valence-electron chi connectivity index (χ1n) is 29.5. The average molecular weight is 1200 g/mol. The molecule has 22 nitrogen and oxygen atoms in total. The number of likely N-dealkylation sites (tertiary alicyclic amines) is 1. The fraction of sp³-hybridized carbons (Fsp3) is 0.613. The standard InChI is InChI=1S/C62H93N9O13S/c1-15-39(7)54(47(82-13)32-50(74)70-29-19-20-46(70)55(83-14)41(9)57(76)65-40(8)31-44-23-22-38(6)30-44)68(11)51(75)34-64-59(78)53(37(4)5)69(12)62(81)84-35-43-24-26-45(27-25-43)67-58(77)42(10)66-49(73)33-63-48(72)21-17-16-18-28-71-60(79)52(36(2)3)56(85)61(71)80/h22-27,30,37-42,46-47,53-55,85H,2,15-21,28-29,31-35H2,1,3-14H3,(H,63,72)(H,64,78)(H,65,76)(H,66,73)(H,67,77)/t38?,39-,40+,41-,42-,46+,47-,53?,54+,55-/m1/s1. The first-order valence-corrected chi connectivity index (χ1v) is 30.0. The van der Waals surface area contributed by atoms with Gasteiger partial charge in [0, 0.05) is 59.6 Å². The lowest BCUT2D eigenvalue weighted by atomic mass is 9.90. The van der Waals surface area contributed by atoms with Crippen LogP contribution in [-0.2, 0) is 64.0 Å². The van der Waals surface area contributed by atoms with E-state index in [1.807, 2.05) is 27.7 Å². The second-order valence-corrected chi connectivity index (χ2v) is 23.6. The molecule has 85 heavy (non-hydrogen) atoms. The van der Waals surface area contributed by atoms with Gasteiger partial charge < -0.3 is 50.6 Å². The Morgan fingerprint density at radius 3 is 2.11 bits per heavy atom. The summed E-state index contributed by atoms with van der Waals surface area (Å²) in [6.45, 7) is 20.0. The molecule has 0 saturated carbocycles. The third-order valence-electron chi connectivity index (χ3n) is 16.0. The second-order valence-electron chi connectivity index (χ2n) is 23.1. The Bertz CT molecular complexity index is 2680. The molecule has 3 aliphatic rings. The van der Waals surface area contributed by atoms with Crippen molar-refractivity contribution in [2.45, 2.75) is 169 Å². The van der Waals surface area contributed by atoms with Gasteiger partial charge in [0.05, 0.1) is 60.2 Å². The molecule has 4 rings (SSSR count). The van der Waals surface area contributed by atoms with Crippen LogP contribution < -0.4 is 26.6 Å². The van der Waals surface area contributed by atoms with Gasteiger partial charge >= 0.3 is 6.09 Å². The van der Waals surface area contributed by atoms with Gasteiger partial charge in [0.15, 0.2) is 0 Å². The van der Waals surface area contributed by atoms with Crippen molar-refractivity contribution in [2.24, 2.45) is 23.7 Å². The van der Waals surface area contributed by atoms with Crippen LogP contribution in [0.2, 0.25) is 0 Å². The van der Waals surface area contributed by atoms with E-state index in [1.54, 1.807) is 64.1 Å². The SMILES string of the molecule is C=C(C)C1=C(S)C(=O)N(CCCCCC(=O)NCC(=O)N[C@H](C)C(=O)Nc2ccc(COC(=O)N(C)C(C(=O)NCC(=O)N(C)[C@@H]([C@H](C)CC)[C@@H](CC(=O)N3CCC[C@H]3[C@H](OC)[C@@H](C)C(=O)N[C@@H](C)CC3=CC(C)C=C3)OC)C(C)C)cc2)C1=O. The van der Waals surface area contributed by atoms with E-state index < -0.39 is 90.3 Å². The number of nitrogens with one attached hydrogen (secondary N) is 5. The van der Waals surface area contributed by atoms with Crippen molar-refractivity contribution in [3.8, 4) is 0 Å². The van der Waals surface area contributed by atoms with Crippen molar-refractivity contribution in [3.63, 3.8) is 0 Å². The molecule has 2 unspecified atom stereocenters. The van der Waals surface area contributed by atoms with E-state index in [9.17, 15) is 47.9 Å². The molecule has 0 spiro atoms. The summed E-state index contributed by atoms with van der Waals surface area (Å²) in [5.74, 6) is -4.38. The van der Waals surface area contributed by atoms with Crippen LogP contribution in [0.1, 0.15) is 126 Å². The van der Waals surface area contributed by atoms with Gasteiger partial charge in [0.1, 0.15) is 18.7 Å². The number of likely N-dealkylation sites (N-methyl/N-ethyl adjacent to an activating group) is 2. The summed E-state index contributed by atoms with van der Waals surface area (Å²) in [6, 6.07) is 3.47. The lowest BCUT2D eigenvalue weighted by Gasteiger charge is -2.39. The molecule has 5 N–H and O–H groups in total. The van der Waals surface area contributed by atoms with Gasteiger partial charge in [-0.3, -0.25) is 53.0 Å². The number of anilines is 1. The van der Waals surface area contributed by atoms with Gasteiger partial charge in [0.25, 0.3) is 11.8 Å². The minimum Gasteiger partial charge on any atom is -0.445 e. The Morgan fingerprint density at radius 1 is 0.835 bits per heavy atom. The van der Waals surface area contributed by atoms with E-state index in [-0.39, 0.29) is 78.7 Å². The molecule has 10 amide bonds. The zero-order chi connectivity index (χ0) is 63.4. The van der Waals surface area contributed by atoms with Crippen molar-refractivity contribution in [1.29, 1.82) is 0 Å². The van der Waals surface area contributed by atoms with Crippen LogP contribution >= 0.6 is 12.6 Å². The zero-order valence-electron chi connectivity index (χ0n) is 52.0. The van der Waals surface area contributed by atoms with Crippen molar-refractivity contribution in [3.05, 3.63) is 76.3 Å². The number of carbonyl (C=O) groups is 10. The van der Waals surface area contributed by atoms with Gasteiger partial charge in [-0.25, -0.2) is 4.79 Å². The molecule has 1 aliphatic carbocycles. The van der Waals surface area contributed by atoms with Crippen molar-refractivity contribution >= 4 is 77.6 Å². The first-order chi connectivity index (χ1) is 40.1. The number of hydrogen-bond acceptors (Lipinski definition) is 14. The van der Waals surface area contributed by atoms with E-state index in [2.05, 4.69) is 70.9 Å². The van der Waals surface area contributed by atoms with Gasteiger partial charge in [-0.1, -0.05) is 91.3 Å². The van der Waals surface area contributed by atoms with Gasteiger partial charge in [-0.15, -0.1) is 12.6 Å². The van der Waals surface area contributed by atoms with Gasteiger partial charge in [-0.05, 0) is 99.5 Å². The first kappa shape index (κ1) is 70.6. The number of imide groups is 1. The number of unbranched alkanes of at least 4 members (excludes halogenated alkanes) is 2. The van der Waals surface area contributed by atoms with Crippen LogP contribution in [-0.4, -0.2) is 176 Å². The predicted octanol–water partition coefficient (Wildman–Crippen LogP) is 5.59. The molecule has 1 aromatic carbocycles. The fourth-order valence-electron chi connectivity index (χ4n) is 11.1. The smallest absolute Gasteiger partial charge is 0.410 e. The maximum Gasteiger partial charge on any atom is 0.410 e. The highest BCUT2D eigenvalue weighted by molar-refractivity contribution is 7.85. The molecule has 23 heteroatoms. The van der Waals surface area contributed by atoms with Gasteiger partial charge in [0.2, 0.25) is 41.4 Å². The molecule has 1 aromatic rings. The fourth-order valence-corrected chi connectivity index (χ4v) is 11.5. The Hall–Kier alpha value is -6.85. The lowest BCUT2D eigenvalue weighted by molar-refractivity contribution is -0.146. The minimum atomic E-state index is -1.02. The number of thiol groups is 1. The normalized spacial score (nSPS) is 18.6. The molecule has 1 saturated heterocycles. The molecule has 2 aliphatic heterocycles. The summed E-state index contributed by atoms with van der Waals surface area (Å²) in [7, 11) is 6.13. The summed E-state index contributed by atoms with van der Waals surface area (Å²) >= 11 is 4.16. The number of hydrogen-bond donors (Lipinski definition) is 6. The number of rotatable bonds is 33. The quantitative estimate of drug-likeness (QED) is 0.0285. The predicted molar refractivity (Wildman–Crippen MR) is 326 cm³/mol. The van der Waals surface area contributed by atoms with Crippen molar-refractivity contribution in [1.82, 2.24) is 40.9 Å². The van der Waals surface area contributed by atoms with E-state index >= 15 is 0 Å². The topological polar surface area (TPSA) is 272 Å². The Kier molecular flexibility index (Phi) is 28.0. The summed E-state index contributed by atoms with van der Waals surface area (Å²) in [6.07, 6.45) is 8.71. The zero-order valence-corrected chi connectivity index (χ0v) is 52.9. The minimum absolute atomic E-state index is 0.0343. The van der Waals surface area contributed by atoms with Gasteiger partial charge in [-0.2, -0.15) is 0 Å². The third-order valence-corrected chi connectivity index (χ3v) is 16.4. The van der Waals surface area contributed by atoms with E-state index in [0.717, 1.165) is 11.3 Å². The second kappa shape index (κ2) is 33.7. The lowest BCUT2D eigenvalue weighted by Crippen LogP contribution is -2.55. The van der Waals surface area contributed by atoms with E-state index in [0.29, 0.717) is 67.8 Å². The monoisotopic (exact) mass is 1200 g/mol. The molecule has 10 atom stereocenters. The molecule has 0 aromatic heterocycles. The highest BCUT2D eigenvalue weighted by atomic mass is 32.1. The van der Waals surface area contributed by atoms with Crippen LogP contribution in [0.15, 0.2) is 70.7 Å². The molecule has 1 fully saturated rings. The number of ether oxygens (including phenoxy) is 3. The van der Waals surface area contributed by atoms with Crippen LogP contribution in [0.3, 0.4) is 0 Å². The molecule has 2 heterocycles. The van der Waals surface area contributed by atoms with E-state index in [1.165, 1.54) is 36.5 Å². The Morgan fingerprint density at radius 2 is 1.52 bits per heavy atom. The Labute approximate surface area is 507 Å². The third kappa shape index (κ3) is 20.1. The molecule has 470 valence electrons.